The maximum atomic E-state index is 13.9. The third-order valence-electron chi connectivity index (χ3n) is 8.72. The molecule has 1 unspecified atom stereocenters. The van der Waals surface area contributed by atoms with Crippen LogP contribution in [0.3, 0.4) is 0 Å². The molecule has 0 spiro atoms. The van der Waals surface area contributed by atoms with E-state index in [1.165, 1.54) is 17.7 Å². The Bertz CT molecular complexity index is 1790. The van der Waals surface area contributed by atoms with E-state index in [-0.39, 0.29) is 47.1 Å². The average molecular weight is 700 g/mol. The van der Waals surface area contributed by atoms with Crippen molar-refractivity contribution >= 4 is 58.1 Å². The number of aromatic nitrogens is 3. The summed E-state index contributed by atoms with van der Waals surface area (Å²) >= 11 is 1.42. The van der Waals surface area contributed by atoms with Gasteiger partial charge in [0.15, 0.2) is 5.84 Å². The summed E-state index contributed by atoms with van der Waals surface area (Å²) in [5.41, 5.74) is 8.55. The lowest BCUT2D eigenvalue weighted by Crippen LogP contribution is -2.48. The highest BCUT2D eigenvalue weighted by molar-refractivity contribution is 7.14. The SMILES string of the molecule is CCN(C(=O)[C@@H]1CCN(C(C)C(=O)N2CC=C(c3ncc(C(=N)/N=C\NC)s3)CC2)C1)c1ccc(N)c(C(=N)c2ccc(OC(C)C)nc2)n1. The molecule has 2 aliphatic heterocycles. The number of aliphatic imine (C=N–C) groups is 1. The predicted molar refractivity (Wildman–Crippen MR) is 197 cm³/mol. The number of carbonyl (C=O) groups excluding carboxylic acids is 2. The smallest absolute Gasteiger partial charge is 0.239 e. The molecule has 3 aromatic rings. The molecule has 2 amide bonds. The molecule has 1 saturated heterocycles. The molecule has 15 heteroatoms. The van der Waals surface area contributed by atoms with Crippen LogP contribution < -0.4 is 20.7 Å². The van der Waals surface area contributed by atoms with Crippen LogP contribution in [0.15, 0.2) is 47.7 Å². The standard InChI is InChI=1S/C35H45N11O3S/c1-6-46(28-9-8-26(36)31(43-28)30(37)24-7-10-29(40-17-24)49-21(2)3)35(48)25-13-16-45(19-25)22(4)34(47)44-14-11-23(12-15-44)33-41-18-27(50-33)32(38)42-20-39-5/h7-11,17-18,20-22,25,37H,6,12-16,19,36H2,1-5H3,(H2,38,39,42)/t22?,25-/m1/s1. The second kappa shape index (κ2) is 16.1. The number of hydrogen-bond donors (Lipinski definition) is 4. The minimum atomic E-state index is -0.373. The predicted octanol–water partition coefficient (Wildman–Crippen LogP) is 3.67. The number of hydrogen-bond acceptors (Lipinski definition) is 11. The molecule has 2 aliphatic rings. The van der Waals surface area contributed by atoms with E-state index >= 15 is 0 Å². The van der Waals surface area contributed by atoms with Crippen molar-refractivity contribution in [3.05, 3.63) is 63.9 Å². The number of likely N-dealkylation sites (tertiary alicyclic amines) is 1. The van der Waals surface area contributed by atoms with E-state index in [1.807, 2.05) is 38.7 Å². The van der Waals surface area contributed by atoms with Crippen molar-refractivity contribution in [1.82, 2.24) is 30.1 Å². The molecule has 5 N–H and O–H groups in total. The van der Waals surface area contributed by atoms with Gasteiger partial charge in [-0.2, -0.15) is 0 Å². The van der Waals surface area contributed by atoms with Crippen molar-refractivity contribution in [3.63, 3.8) is 0 Å². The Balaban J connectivity index is 1.19. The Morgan fingerprint density at radius 1 is 1.18 bits per heavy atom. The fourth-order valence-corrected chi connectivity index (χ4v) is 6.87. The van der Waals surface area contributed by atoms with Gasteiger partial charge in [0.05, 0.1) is 40.7 Å². The van der Waals surface area contributed by atoms with Gasteiger partial charge in [0, 0.05) is 57.3 Å². The Hall–Kier alpha value is -5.02. The van der Waals surface area contributed by atoms with E-state index < -0.39 is 0 Å². The van der Waals surface area contributed by atoms with Crippen LogP contribution in [0.25, 0.3) is 5.57 Å². The fraction of sp³-hybridized carbons (Fsp3) is 0.429. The topological polar surface area (TPSA) is 190 Å². The number of carbonyl (C=O) groups is 2. The molecule has 0 bridgehead atoms. The van der Waals surface area contributed by atoms with E-state index in [0.29, 0.717) is 73.4 Å². The Morgan fingerprint density at radius 2 is 1.98 bits per heavy atom. The van der Waals surface area contributed by atoms with Gasteiger partial charge in [-0.1, -0.05) is 6.08 Å². The number of nitrogens with one attached hydrogen (secondary N) is 3. The first-order valence-corrected chi connectivity index (χ1v) is 17.6. The molecule has 2 atom stereocenters. The number of nitrogens with two attached hydrogens (primary N) is 1. The van der Waals surface area contributed by atoms with Gasteiger partial charge in [-0.05, 0) is 70.9 Å². The summed E-state index contributed by atoms with van der Waals surface area (Å²) in [6.45, 7) is 10.2. The normalized spacial score (nSPS) is 17.1. The lowest BCUT2D eigenvalue weighted by atomic mass is 10.1. The highest BCUT2D eigenvalue weighted by atomic mass is 32.1. The highest BCUT2D eigenvalue weighted by Gasteiger charge is 2.37. The third kappa shape index (κ3) is 8.22. The number of thiazole rings is 1. The van der Waals surface area contributed by atoms with E-state index in [0.717, 1.165) is 10.6 Å². The molecule has 264 valence electrons. The summed E-state index contributed by atoms with van der Waals surface area (Å²) < 4.78 is 5.61. The third-order valence-corrected chi connectivity index (χ3v) is 9.80. The van der Waals surface area contributed by atoms with Crippen molar-refractivity contribution in [1.29, 1.82) is 10.8 Å². The monoisotopic (exact) mass is 699 g/mol. The number of nitrogens with zero attached hydrogens (tertiary/aromatic N) is 7. The first-order chi connectivity index (χ1) is 24.0. The van der Waals surface area contributed by atoms with Gasteiger partial charge in [-0.25, -0.2) is 19.9 Å². The summed E-state index contributed by atoms with van der Waals surface area (Å²) in [6, 6.07) is 6.45. The Labute approximate surface area is 296 Å². The van der Waals surface area contributed by atoms with Crippen LogP contribution in [0.5, 0.6) is 5.88 Å². The number of nitrogen functional groups attached to an aromatic ring is 1. The molecule has 1 fully saturated rings. The Morgan fingerprint density at radius 3 is 2.64 bits per heavy atom. The van der Waals surface area contributed by atoms with Gasteiger partial charge in [0.25, 0.3) is 0 Å². The molecule has 5 heterocycles. The van der Waals surface area contributed by atoms with Crippen molar-refractivity contribution in [2.24, 2.45) is 10.9 Å². The summed E-state index contributed by atoms with van der Waals surface area (Å²) in [5.74, 6) is 0.705. The van der Waals surface area contributed by atoms with Crippen molar-refractivity contribution in [2.75, 3.05) is 50.4 Å². The van der Waals surface area contributed by atoms with Gasteiger partial charge in [-0.3, -0.25) is 30.2 Å². The van der Waals surface area contributed by atoms with Gasteiger partial charge in [-0.15, -0.1) is 11.3 Å². The van der Waals surface area contributed by atoms with E-state index in [1.54, 1.807) is 48.6 Å². The van der Waals surface area contributed by atoms with Crippen LogP contribution in [-0.2, 0) is 9.59 Å². The summed E-state index contributed by atoms with van der Waals surface area (Å²) in [5, 5.41) is 20.5. The minimum absolute atomic E-state index is 0.0201. The molecular formula is C35H45N11O3S. The van der Waals surface area contributed by atoms with Crippen molar-refractivity contribution < 1.29 is 14.3 Å². The van der Waals surface area contributed by atoms with Crippen LogP contribution >= 0.6 is 11.3 Å². The fourth-order valence-electron chi connectivity index (χ4n) is 5.99. The average Bonchev–Trinajstić information content (AvgIpc) is 3.82. The second-order valence-electron chi connectivity index (χ2n) is 12.5. The van der Waals surface area contributed by atoms with Crippen LogP contribution in [0.2, 0.25) is 0 Å². The zero-order valence-corrected chi connectivity index (χ0v) is 30.0. The van der Waals surface area contributed by atoms with Crippen LogP contribution in [0.4, 0.5) is 11.5 Å². The van der Waals surface area contributed by atoms with Gasteiger partial charge < -0.3 is 20.7 Å². The summed E-state index contributed by atoms with van der Waals surface area (Å²) in [4.78, 5) is 51.2. The number of amidine groups is 1. The molecule has 0 aliphatic carbocycles. The first-order valence-electron chi connectivity index (χ1n) is 16.8. The number of anilines is 2. The van der Waals surface area contributed by atoms with E-state index in [2.05, 4.69) is 30.2 Å². The molecule has 14 nitrogen and oxygen atoms in total. The van der Waals surface area contributed by atoms with Gasteiger partial charge in [0.2, 0.25) is 17.7 Å². The van der Waals surface area contributed by atoms with Crippen LogP contribution in [-0.4, -0.2) is 106 Å². The summed E-state index contributed by atoms with van der Waals surface area (Å²) in [6.07, 6.45) is 8.00. The quantitative estimate of drug-likeness (QED) is 0.161. The zero-order chi connectivity index (χ0) is 35.9. The minimum Gasteiger partial charge on any atom is -0.475 e. The number of rotatable bonds is 12. The number of amides is 2. The number of pyridine rings is 2. The second-order valence-corrected chi connectivity index (χ2v) is 13.5. The van der Waals surface area contributed by atoms with Crippen molar-refractivity contribution in [3.8, 4) is 5.88 Å². The van der Waals surface area contributed by atoms with E-state index in [9.17, 15) is 9.59 Å². The molecule has 5 rings (SSSR count). The lowest BCUT2D eigenvalue weighted by Gasteiger charge is -2.32. The molecule has 50 heavy (non-hydrogen) atoms. The maximum absolute atomic E-state index is 13.9. The number of ether oxygens (including phenoxy) is 1. The van der Waals surface area contributed by atoms with Crippen molar-refractivity contribution in [2.45, 2.75) is 52.7 Å². The van der Waals surface area contributed by atoms with Crippen LogP contribution in [0.1, 0.15) is 61.7 Å². The zero-order valence-electron chi connectivity index (χ0n) is 29.1. The molecular weight excluding hydrogens is 655 g/mol. The van der Waals surface area contributed by atoms with E-state index in [4.69, 9.17) is 21.3 Å². The largest absolute Gasteiger partial charge is 0.475 e. The summed E-state index contributed by atoms with van der Waals surface area (Å²) in [7, 11) is 1.73. The molecule has 0 saturated carbocycles. The highest BCUT2D eigenvalue weighted by Crippen LogP contribution is 2.29. The Kier molecular flexibility index (Phi) is 11.7. The molecule has 0 aromatic carbocycles. The lowest BCUT2D eigenvalue weighted by molar-refractivity contribution is -0.136. The molecule has 3 aromatic heterocycles. The van der Waals surface area contributed by atoms with Crippen LogP contribution in [0, 0.1) is 16.7 Å². The van der Waals surface area contributed by atoms with Gasteiger partial charge in [0.1, 0.15) is 16.5 Å². The van der Waals surface area contributed by atoms with Gasteiger partial charge >= 0.3 is 0 Å². The molecule has 0 radical (unpaired) electrons. The maximum Gasteiger partial charge on any atom is 0.239 e. The first kappa shape index (κ1) is 36.3.